The molecule has 0 heterocycles. The van der Waals surface area contributed by atoms with E-state index in [4.69, 9.17) is 9.47 Å². The number of aliphatic hydroxyl groups is 1. The molecule has 0 aromatic carbocycles. The van der Waals surface area contributed by atoms with E-state index in [2.05, 4.69) is 74.6 Å². The Morgan fingerprint density at radius 1 is 0.407 bits per heavy atom. The highest BCUT2D eigenvalue weighted by molar-refractivity contribution is 5.70. The Labute approximate surface area is 366 Å². The van der Waals surface area contributed by atoms with Gasteiger partial charge in [0.15, 0.2) is 6.10 Å². The molecule has 0 radical (unpaired) electrons. The van der Waals surface area contributed by atoms with E-state index in [9.17, 15) is 14.7 Å². The second-order valence-corrected chi connectivity index (χ2v) is 16.9. The number of aliphatic hydroxyl groups excluding tert-OH is 1. The summed E-state index contributed by atoms with van der Waals surface area (Å²) < 4.78 is 10.7. The third-order valence-electron chi connectivity index (χ3n) is 11.1. The van der Waals surface area contributed by atoms with E-state index in [0.717, 1.165) is 77.0 Å². The predicted octanol–water partition coefficient (Wildman–Crippen LogP) is 16.7. The van der Waals surface area contributed by atoms with Gasteiger partial charge in [-0.2, -0.15) is 0 Å². The topological polar surface area (TPSA) is 72.8 Å². The lowest BCUT2D eigenvalue weighted by atomic mass is 10.0. The number of carbonyl (C=O) groups excluding carboxylic acids is 2. The zero-order chi connectivity index (χ0) is 42.8. The molecule has 0 saturated carbocycles. The van der Waals surface area contributed by atoms with Crippen molar-refractivity contribution in [2.45, 2.75) is 258 Å². The highest BCUT2D eigenvalue weighted by Gasteiger charge is 2.16. The van der Waals surface area contributed by atoms with Crippen molar-refractivity contribution in [3.05, 3.63) is 60.8 Å². The second kappa shape index (κ2) is 50.0. The maximum atomic E-state index is 12.3. The average molecular weight is 825 g/mol. The normalized spacial score (nSPS) is 12.7. The van der Waals surface area contributed by atoms with Gasteiger partial charge in [-0.3, -0.25) is 9.59 Å². The third-order valence-corrected chi connectivity index (χ3v) is 11.1. The molecule has 342 valence electrons. The summed E-state index contributed by atoms with van der Waals surface area (Å²) in [5.41, 5.74) is 0. The monoisotopic (exact) mass is 825 g/mol. The lowest BCUT2D eigenvalue weighted by molar-refractivity contribution is -0.161. The van der Waals surface area contributed by atoms with Crippen molar-refractivity contribution in [2.24, 2.45) is 0 Å². The number of ether oxygens (including phenoxy) is 2. The summed E-state index contributed by atoms with van der Waals surface area (Å²) in [6, 6.07) is 0. The first-order chi connectivity index (χ1) is 29.1. The second-order valence-electron chi connectivity index (χ2n) is 16.9. The Morgan fingerprint density at radius 3 is 1.10 bits per heavy atom. The van der Waals surface area contributed by atoms with Crippen molar-refractivity contribution in [2.75, 3.05) is 13.2 Å². The summed E-state index contributed by atoms with van der Waals surface area (Å²) in [6.07, 6.45) is 66.0. The molecule has 1 N–H and O–H groups in total. The first-order valence-corrected chi connectivity index (χ1v) is 25.3. The molecule has 0 rings (SSSR count). The van der Waals surface area contributed by atoms with Crippen LogP contribution in [0, 0.1) is 0 Å². The average Bonchev–Trinajstić information content (AvgIpc) is 3.24. The van der Waals surface area contributed by atoms with Crippen molar-refractivity contribution in [1.82, 2.24) is 0 Å². The molecule has 0 saturated heterocycles. The fraction of sp³-hybridized carbons (Fsp3) is 0.778. The van der Waals surface area contributed by atoms with Crippen molar-refractivity contribution >= 4 is 11.9 Å². The summed E-state index contributed by atoms with van der Waals surface area (Å²) >= 11 is 0. The van der Waals surface area contributed by atoms with Gasteiger partial charge in [-0.1, -0.05) is 242 Å². The molecule has 0 amide bonds. The van der Waals surface area contributed by atoms with Crippen LogP contribution in [0.3, 0.4) is 0 Å². The van der Waals surface area contributed by atoms with Crippen LogP contribution < -0.4 is 0 Å². The minimum absolute atomic E-state index is 0.0694. The summed E-state index contributed by atoms with van der Waals surface area (Å²) in [5.74, 6) is -0.595. The van der Waals surface area contributed by atoms with Crippen LogP contribution in [0.1, 0.15) is 251 Å². The molecular formula is C54H96O5. The van der Waals surface area contributed by atoms with E-state index in [1.54, 1.807) is 0 Å². The van der Waals surface area contributed by atoms with Crippen LogP contribution in [0.4, 0.5) is 0 Å². The van der Waals surface area contributed by atoms with E-state index in [-0.39, 0.29) is 25.2 Å². The molecule has 5 nitrogen and oxygen atoms in total. The fourth-order valence-corrected chi connectivity index (χ4v) is 7.29. The molecule has 0 spiro atoms. The van der Waals surface area contributed by atoms with Crippen LogP contribution in [0.5, 0.6) is 0 Å². The SMILES string of the molecule is CC/C=C\C/C=C\C/C=C\C/C=C\C/C=C\CCCCCCCCCC(=O)OC(CO)COC(=O)CCCCCCCCCCCCCCCCCCCCCCCC. The Bertz CT molecular complexity index is 1020. The lowest BCUT2D eigenvalue weighted by Crippen LogP contribution is -2.28. The standard InChI is InChI=1S/C54H96O5/c1-3-5-7-9-11-13-15-17-19-21-23-25-27-29-31-33-35-37-39-41-43-45-47-49-54(57)59-52(50-55)51-58-53(56)48-46-44-42-40-38-36-34-32-30-28-26-24-22-20-18-16-14-12-10-8-6-4-2/h5,7,11,13,17,19,23,25,29,31,52,55H,3-4,6,8-10,12,14-16,18,20-22,24,26-28,30,32-51H2,1-2H3/b7-5-,13-11-,19-17-,25-23-,31-29-. The number of esters is 2. The largest absolute Gasteiger partial charge is 0.462 e. The van der Waals surface area contributed by atoms with Gasteiger partial charge in [0.2, 0.25) is 0 Å². The highest BCUT2D eigenvalue weighted by atomic mass is 16.6. The Kier molecular flexibility index (Phi) is 47.9. The van der Waals surface area contributed by atoms with Crippen LogP contribution in [-0.4, -0.2) is 36.4 Å². The Hall–Kier alpha value is -2.40. The first-order valence-electron chi connectivity index (χ1n) is 25.3. The van der Waals surface area contributed by atoms with Crippen LogP contribution >= 0.6 is 0 Å². The first kappa shape index (κ1) is 56.6. The summed E-state index contributed by atoms with van der Waals surface area (Å²) in [7, 11) is 0. The van der Waals surface area contributed by atoms with Crippen LogP contribution in [0.2, 0.25) is 0 Å². The number of carbonyl (C=O) groups is 2. The predicted molar refractivity (Wildman–Crippen MR) is 256 cm³/mol. The smallest absolute Gasteiger partial charge is 0.306 e. The molecule has 59 heavy (non-hydrogen) atoms. The van der Waals surface area contributed by atoms with Gasteiger partial charge in [0.05, 0.1) is 6.61 Å². The Balaban J connectivity index is 3.52. The molecule has 0 aromatic heterocycles. The fourth-order valence-electron chi connectivity index (χ4n) is 7.29. The van der Waals surface area contributed by atoms with E-state index >= 15 is 0 Å². The molecule has 0 aliphatic rings. The maximum Gasteiger partial charge on any atom is 0.306 e. The minimum atomic E-state index is -0.779. The molecule has 0 aliphatic heterocycles. The highest BCUT2D eigenvalue weighted by Crippen LogP contribution is 2.16. The summed E-state index contributed by atoms with van der Waals surface area (Å²) in [6.45, 7) is 4.04. The number of hydrogen-bond donors (Lipinski definition) is 1. The number of hydrogen-bond acceptors (Lipinski definition) is 5. The van der Waals surface area contributed by atoms with Crippen LogP contribution in [0.15, 0.2) is 60.8 Å². The summed E-state index contributed by atoms with van der Waals surface area (Å²) in [5, 5.41) is 9.63. The van der Waals surface area contributed by atoms with Gasteiger partial charge in [0.25, 0.3) is 0 Å². The van der Waals surface area contributed by atoms with E-state index in [1.807, 2.05) is 0 Å². The van der Waals surface area contributed by atoms with Crippen LogP contribution in [0.25, 0.3) is 0 Å². The molecule has 0 fully saturated rings. The van der Waals surface area contributed by atoms with Crippen LogP contribution in [-0.2, 0) is 19.1 Å². The van der Waals surface area contributed by atoms with Gasteiger partial charge in [0, 0.05) is 12.8 Å². The summed E-state index contributed by atoms with van der Waals surface area (Å²) in [4.78, 5) is 24.4. The molecule has 0 bridgehead atoms. The molecular weight excluding hydrogens is 729 g/mol. The van der Waals surface area contributed by atoms with Crippen molar-refractivity contribution in [3.63, 3.8) is 0 Å². The van der Waals surface area contributed by atoms with Gasteiger partial charge in [-0.15, -0.1) is 0 Å². The zero-order valence-corrected chi connectivity index (χ0v) is 39.0. The van der Waals surface area contributed by atoms with Gasteiger partial charge in [-0.25, -0.2) is 0 Å². The molecule has 1 atom stereocenters. The molecule has 0 aliphatic carbocycles. The van der Waals surface area contributed by atoms with E-state index < -0.39 is 6.10 Å². The van der Waals surface area contributed by atoms with Gasteiger partial charge < -0.3 is 14.6 Å². The lowest BCUT2D eigenvalue weighted by Gasteiger charge is -2.15. The van der Waals surface area contributed by atoms with Gasteiger partial charge in [-0.05, 0) is 57.8 Å². The zero-order valence-electron chi connectivity index (χ0n) is 39.0. The quantitative estimate of drug-likeness (QED) is 0.0376. The third kappa shape index (κ3) is 48.1. The number of rotatable bonds is 46. The van der Waals surface area contributed by atoms with Gasteiger partial charge in [0.1, 0.15) is 6.61 Å². The number of allylic oxidation sites excluding steroid dienone is 10. The molecule has 1 unspecified atom stereocenters. The number of unbranched alkanes of at least 4 members (excludes halogenated alkanes) is 28. The molecule has 0 aromatic rings. The van der Waals surface area contributed by atoms with E-state index in [1.165, 1.54) is 148 Å². The maximum absolute atomic E-state index is 12.3. The minimum Gasteiger partial charge on any atom is -0.462 e. The van der Waals surface area contributed by atoms with E-state index in [0.29, 0.717) is 12.8 Å². The van der Waals surface area contributed by atoms with Crippen molar-refractivity contribution < 1.29 is 24.2 Å². The van der Waals surface area contributed by atoms with Gasteiger partial charge >= 0.3 is 11.9 Å². The Morgan fingerprint density at radius 2 is 0.729 bits per heavy atom. The van der Waals surface area contributed by atoms with Crippen molar-refractivity contribution in [1.29, 1.82) is 0 Å². The molecule has 5 heteroatoms. The van der Waals surface area contributed by atoms with Crippen molar-refractivity contribution in [3.8, 4) is 0 Å².